The SMILES string of the molecule is C[N+](C)(C)CCONC(N)=S.[Cl-]. The molecule has 0 aromatic rings. The number of rotatable bonds is 4. The van der Waals surface area contributed by atoms with Gasteiger partial charge in [-0.1, -0.05) is 0 Å². The van der Waals surface area contributed by atoms with Crippen molar-refractivity contribution >= 4 is 17.3 Å². The molecule has 0 aliphatic heterocycles. The van der Waals surface area contributed by atoms with Crippen molar-refractivity contribution in [2.24, 2.45) is 5.73 Å². The molecular formula is C6H16ClN3OS. The van der Waals surface area contributed by atoms with Crippen LogP contribution in [-0.2, 0) is 4.84 Å². The lowest BCUT2D eigenvalue weighted by molar-refractivity contribution is -0.870. The summed E-state index contributed by atoms with van der Waals surface area (Å²) in [5, 5.41) is 0.173. The third kappa shape index (κ3) is 12.6. The van der Waals surface area contributed by atoms with E-state index in [-0.39, 0.29) is 17.5 Å². The first kappa shape index (κ1) is 14.4. The van der Waals surface area contributed by atoms with Crippen molar-refractivity contribution in [1.29, 1.82) is 0 Å². The first-order chi connectivity index (χ1) is 4.92. The first-order valence-electron chi connectivity index (χ1n) is 3.39. The lowest BCUT2D eigenvalue weighted by Crippen LogP contribution is -3.00. The van der Waals surface area contributed by atoms with E-state index in [1.807, 2.05) is 0 Å². The van der Waals surface area contributed by atoms with Crippen molar-refractivity contribution in [3.05, 3.63) is 0 Å². The largest absolute Gasteiger partial charge is 1.00 e. The summed E-state index contributed by atoms with van der Waals surface area (Å²) in [6, 6.07) is 0. The van der Waals surface area contributed by atoms with E-state index in [2.05, 4.69) is 38.8 Å². The summed E-state index contributed by atoms with van der Waals surface area (Å²) in [5.41, 5.74) is 7.55. The van der Waals surface area contributed by atoms with E-state index in [1.54, 1.807) is 0 Å². The molecule has 0 heterocycles. The smallest absolute Gasteiger partial charge is 0.187 e. The van der Waals surface area contributed by atoms with Crippen molar-refractivity contribution in [3.8, 4) is 0 Å². The van der Waals surface area contributed by atoms with Crippen LogP contribution in [0.25, 0.3) is 0 Å². The molecule has 3 N–H and O–H groups in total. The Bertz CT molecular complexity index is 137. The van der Waals surface area contributed by atoms with Gasteiger partial charge in [-0.2, -0.15) is 0 Å². The van der Waals surface area contributed by atoms with Gasteiger partial charge in [-0.3, -0.25) is 4.84 Å². The number of hydrogen-bond acceptors (Lipinski definition) is 2. The second-order valence-corrected chi connectivity index (χ2v) is 3.77. The first-order valence-corrected chi connectivity index (χ1v) is 3.80. The quantitative estimate of drug-likeness (QED) is 0.220. The Kier molecular flexibility index (Phi) is 7.72. The van der Waals surface area contributed by atoms with Gasteiger partial charge < -0.3 is 22.6 Å². The Hall–Kier alpha value is -0.100. The minimum absolute atomic E-state index is 0. The van der Waals surface area contributed by atoms with Crippen molar-refractivity contribution in [3.63, 3.8) is 0 Å². The molecule has 0 spiro atoms. The molecule has 6 heteroatoms. The zero-order valence-corrected chi connectivity index (χ0v) is 9.21. The molecule has 0 saturated heterocycles. The number of quaternary nitrogens is 1. The van der Waals surface area contributed by atoms with E-state index in [4.69, 9.17) is 10.6 Å². The fraction of sp³-hybridized carbons (Fsp3) is 0.833. The monoisotopic (exact) mass is 213 g/mol. The summed E-state index contributed by atoms with van der Waals surface area (Å²) in [4.78, 5) is 4.94. The minimum atomic E-state index is 0. The lowest BCUT2D eigenvalue weighted by atomic mass is 10.5. The molecule has 0 aliphatic rings. The van der Waals surface area contributed by atoms with Crippen molar-refractivity contribution in [2.45, 2.75) is 0 Å². The Balaban J connectivity index is 0. The van der Waals surface area contributed by atoms with E-state index in [0.29, 0.717) is 6.61 Å². The molecule has 0 aromatic heterocycles. The predicted octanol–water partition coefficient (Wildman–Crippen LogP) is -3.54. The maximum Gasteiger partial charge on any atom is 0.187 e. The van der Waals surface area contributed by atoms with Crippen LogP contribution in [0.1, 0.15) is 0 Å². The normalized spacial score (nSPS) is 10.2. The molecule has 4 nitrogen and oxygen atoms in total. The summed E-state index contributed by atoms with van der Waals surface area (Å²) < 4.78 is 0.860. The van der Waals surface area contributed by atoms with Gasteiger partial charge in [0, 0.05) is 0 Å². The molecule has 0 amide bonds. The van der Waals surface area contributed by atoms with Crippen LogP contribution in [0.3, 0.4) is 0 Å². The minimum Gasteiger partial charge on any atom is -1.00 e. The van der Waals surface area contributed by atoms with Gasteiger partial charge in [0.15, 0.2) is 5.11 Å². The summed E-state index contributed by atoms with van der Waals surface area (Å²) >= 11 is 4.54. The highest BCUT2D eigenvalue weighted by Crippen LogP contribution is 1.87. The van der Waals surface area contributed by atoms with Gasteiger partial charge in [-0.05, 0) is 12.2 Å². The number of nitrogens with one attached hydrogen (secondary N) is 1. The molecule has 0 fully saturated rings. The van der Waals surface area contributed by atoms with Crippen LogP contribution in [0.4, 0.5) is 0 Å². The van der Waals surface area contributed by atoms with Gasteiger partial charge in [-0.15, -0.1) is 0 Å². The predicted molar refractivity (Wildman–Crippen MR) is 48.8 cm³/mol. The molecule has 0 rings (SSSR count). The van der Waals surface area contributed by atoms with E-state index >= 15 is 0 Å². The number of likely N-dealkylation sites (N-methyl/N-ethyl adjacent to an activating group) is 1. The van der Waals surface area contributed by atoms with E-state index in [1.165, 1.54) is 0 Å². The molecule has 0 radical (unpaired) electrons. The summed E-state index contributed by atoms with van der Waals surface area (Å²) in [7, 11) is 6.26. The number of nitrogens with zero attached hydrogens (tertiary/aromatic N) is 1. The Morgan fingerprint density at radius 1 is 1.50 bits per heavy atom. The third-order valence-electron chi connectivity index (χ3n) is 1.04. The fourth-order valence-electron chi connectivity index (χ4n) is 0.442. The Labute approximate surface area is 85.0 Å². The second-order valence-electron chi connectivity index (χ2n) is 3.33. The zero-order valence-electron chi connectivity index (χ0n) is 7.63. The maximum absolute atomic E-state index is 5.13. The van der Waals surface area contributed by atoms with Crippen molar-refractivity contribution in [2.75, 3.05) is 34.3 Å². The number of thiocarbonyl (C=S) groups is 1. The molecule has 0 atom stereocenters. The van der Waals surface area contributed by atoms with Crippen LogP contribution < -0.4 is 23.6 Å². The second kappa shape index (κ2) is 6.42. The number of hydroxylamine groups is 1. The maximum atomic E-state index is 5.13. The van der Waals surface area contributed by atoms with Crippen LogP contribution >= 0.6 is 12.2 Å². The highest BCUT2D eigenvalue weighted by molar-refractivity contribution is 7.80. The zero-order chi connectivity index (χ0) is 8.91. The highest BCUT2D eigenvalue weighted by Gasteiger charge is 2.05. The van der Waals surface area contributed by atoms with E-state index in [0.717, 1.165) is 11.0 Å². The molecule has 0 unspecified atom stereocenters. The molecule has 0 saturated carbocycles. The van der Waals surface area contributed by atoms with Gasteiger partial charge in [0.25, 0.3) is 0 Å². The van der Waals surface area contributed by atoms with Gasteiger partial charge in [0.1, 0.15) is 13.2 Å². The third-order valence-corrected chi connectivity index (χ3v) is 1.12. The van der Waals surface area contributed by atoms with Gasteiger partial charge in [0.05, 0.1) is 21.1 Å². The topological polar surface area (TPSA) is 47.3 Å². The van der Waals surface area contributed by atoms with Crippen LogP contribution in [0, 0.1) is 0 Å². The van der Waals surface area contributed by atoms with Crippen LogP contribution in [0.2, 0.25) is 0 Å². The van der Waals surface area contributed by atoms with E-state index < -0.39 is 0 Å². The highest BCUT2D eigenvalue weighted by atomic mass is 35.5. The Morgan fingerprint density at radius 3 is 2.33 bits per heavy atom. The molecule has 0 bridgehead atoms. The molecular weight excluding hydrogens is 198 g/mol. The van der Waals surface area contributed by atoms with Gasteiger partial charge >= 0.3 is 0 Å². The average molecular weight is 214 g/mol. The van der Waals surface area contributed by atoms with Gasteiger partial charge in [-0.25, -0.2) is 5.48 Å². The number of nitrogens with two attached hydrogens (primary N) is 1. The fourth-order valence-corrected chi connectivity index (χ4v) is 0.501. The molecule has 0 aliphatic carbocycles. The summed E-state index contributed by atoms with van der Waals surface area (Å²) in [6.07, 6.45) is 0. The molecule has 0 aromatic carbocycles. The number of halogens is 1. The summed E-state index contributed by atoms with van der Waals surface area (Å²) in [6.45, 7) is 1.51. The average Bonchev–Trinajstić information content (AvgIpc) is 1.78. The number of hydrogen-bond donors (Lipinski definition) is 2. The van der Waals surface area contributed by atoms with Crippen molar-refractivity contribution < 1.29 is 21.7 Å². The Morgan fingerprint density at radius 2 is 2.00 bits per heavy atom. The summed E-state index contributed by atoms with van der Waals surface area (Å²) in [5.74, 6) is 0. The lowest BCUT2D eigenvalue weighted by Gasteiger charge is -2.23. The molecule has 12 heavy (non-hydrogen) atoms. The van der Waals surface area contributed by atoms with Crippen LogP contribution in [0.5, 0.6) is 0 Å². The standard InChI is InChI=1S/C6H15N3OS.ClH/c1-9(2,3)4-5-10-8-6(7)11;/h4-5H2,1-3H3,(H2-,7,8,11);1H. The van der Waals surface area contributed by atoms with Gasteiger partial charge in [0.2, 0.25) is 0 Å². The van der Waals surface area contributed by atoms with Crippen LogP contribution in [-0.4, -0.2) is 43.9 Å². The van der Waals surface area contributed by atoms with Crippen LogP contribution in [0.15, 0.2) is 0 Å². The van der Waals surface area contributed by atoms with E-state index in [9.17, 15) is 0 Å². The molecule has 74 valence electrons. The van der Waals surface area contributed by atoms with Crippen molar-refractivity contribution in [1.82, 2.24) is 5.48 Å².